The van der Waals surface area contributed by atoms with Crippen LogP contribution in [0.15, 0.2) is 10.3 Å². The summed E-state index contributed by atoms with van der Waals surface area (Å²) in [6.07, 6.45) is 0.494. The van der Waals surface area contributed by atoms with Crippen molar-refractivity contribution in [2.24, 2.45) is 0 Å². The Kier molecular flexibility index (Phi) is 6.52. The highest BCUT2D eigenvalue weighted by atomic mass is 32.2. The highest BCUT2D eigenvalue weighted by molar-refractivity contribution is 7.91. The zero-order valence-corrected chi connectivity index (χ0v) is 13.7. The second kappa shape index (κ2) is 7.69. The Bertz CT molecular complexity index is 585. The van der Waals surface area contributed by atoms with Crippen molar-refractivity contribution >= 4 is 32.0 Å². The SMILES string of the molecule is CCCNc1sc(S(=O)(=O)NCC(C)OC)cc1[N+](=O)[O-]. The van der Waals surface area contributed by atoms with E-state index in [0.717, 1.165) is 23.8 Å². The fourth-order valence-electron chi connectivity index (χ4n) is 1.37. The molecule has 10 heteroatoms. The maximum Gasteiger partial charge on any atom is 0.304 e. The number of sulfonamides is 1. The minimum atomic E-state index is -3.78. The Balaban J connectivity index is 2.98. The standard InChI is InChI=1S/C11H19N3O5S2/c1-4-5-12-11-9(14(15)16)6-10(20-11)21(17,18)13-7-8(2)19-3/h6,8,12-13H,4-5,7H2,1-3H3. The average Bonchev–Trinajstić information content (AvgIpc) is 2.87. The molecule has 0 saturated heterocycles. The van der Waals surface area contributed by atoms with Crippen molar-refractivity contribution in [3.05, 3.63) is 16.2 Å². The van der Waals surface area contributed by atoms with Crippen molar-refractivity contribution in [3.8, 4) is 0 Å². The van der Waals surface area contributed by atoms with Gasteiger partial charge in [0.2, 0.25) is 10.0 Å². The summed E-state index contributed by atoms with van der Waals surface area (Å²) in [5, 5.41) is 14.1. The Morgan fingerprint density at radius 2 is 2.19 bits per heavy atom. The first-order valence-electron chi connectivity index (χ1n) is 6.36. The number of ether oxygens (including phenoxy) is 1. The Morgan fingerprint density at radius 1 is 1.52 bits per heavy atom. The number of anilines is 1. The number of hydrogen-bond acceptors (Lipinski definition) is 7. The van der Waals surface area contributed by atoms with Gasteiger partial charge in [-0.1, -0.05) is 18.3 Å². The van der Waals surface area contributed by atoms with Crippen LogP contribution in [0.4, 0.5) is 10.7 Å². The molecular formula is C11H19N3O5S2. The van der Waals surface area contributed by atoms with Gasteiger partial charge in [0.25, 0.3) is 0 Å². The zero-order valence-electron chi connectivity index (χ0n) is 12.1. The Morgan fingerprint density at radius 3 is 2.71 bits per heavy atom. The lowest BCUT2D eigenvalue weighted by Crippen LogP contribution is -2.31. The fraction of sp³-hybridized carbons (Fsp3) is 0.636. The summed E-state index contributed by atoms with van der Waals surface area (Å²) < 4.78 is 31.5. The number of thiophene rings is 1. The van der Waals surface area contributed by atoms with Crippen LogP contribution >= 0.6 is 11.3 Å². The Hall–Kier alpha value is -1.23. The molecule has 8 nitrogen and oxygen atoms in total. The van der Waals surface area contributed by atoms with Crippen molar-refractivity contribution < 1.29 is 18.1 Å². The predicted molar refractivity (Wildman–Crippen MR) is 81.4 cm³/mol. The van der Waals surface area contributed by atoms with Crippen LogP contribution in [-0.4, -0.2) is 39.6 Å². The smallest absolute Gasteiger partial charge is 0.304 e. The topological polar surface area (TPSA) is 111 Å². The van der Waals surface area contributed by atoms with E-state index < -0.39 is 14.9 Å². The first-order valence-corrected chi connectivity index (χ1v) is 8.66. The summed E-state index contributed by atoms with van der Waals surface area (Å²) in [5.74, 6) is 0. The Labute approximate surface area is 127 Å². The summed E-state index contributed by atoms with van der Waals surface area (Å²) in [5.41, 5.74) is -0.228. The van der Waals surface area contributed by atoms with Crippen LogP contribution < -0.4 is 10.0 Å². The van der Waals surface area contributed by atoms with Crippen molar-refractivity contribution in [1.82, 2.24) is 4.72 Å². The van der Waals surface area contributed by atoms with Crippen molar-refractivity contribution in [2.75, 3.05) is 25.5 Å². The molecule has 0 radical (unpaired) electrons. The minimum absolute atomic E-state index is 0.0869. The maximum atomic E-state index is 12.1. The molecule has 0 bridgehead atoms. The van der Waals surface area contributed by atoms with Gasteiger partial charge in [-0.15, -0.1) is 0 Å². The molecule has 1 atom stereocenters. The summed E-state index contributed by atoms with van der Waals surface area (Å²) >= 11 is 0.850. The van der Waals surface area contributed by atoms with Crippen molar-refractivity contribution in [2.45, 2.75) is 30.6 Å². The van der Waals surface area contributed by atoms with Crippen LogP contribution in [0.5, 0.6) is 0 Å². The van der Waals surface area contributed by atoms with E-state index in [0.29, 0.717) is 6.54 Å². The van der Waals surface area contributed by atoms with E-state index in [1.165, 1.54) is 7.11 Å². The van der Waals surface area contributed by atoms with Gasteiger partial charge >= 0.3 is 5.69 Å². The minimum Gasteiger partial charge on any atom is -0.380 e. The van der Waals surface area contributed by atoms with Crippen LogP contribution in [0, 0.1) is 10.1 Å². The van der Waals surface area contributed by atoms with Gasteiger partial charge in [0.1, 0.15) is 4.21 Å². The lowest BCUT2D eigenvalue weighted by atomic mass is 10.4. The van der Waals surface area contributed by atoms with Crippen LogP contribution in [0.3, 0.4) is 0 Å². The van der Waals surface area contributed by atoms with Gasteiger partial charge in [0.05, 0.1) is 11.0 Å². The van der Waals surface area contributed by atoms with Crippen LogP contribution in [0.1, 0.15) is 20.3 Å². The van der Waals surface area contributed by atoms with Gasteiger partial charge in [-0.25, -0.2) is 13.1 Å². The van der Waals surface area contributed by atoms with Crippen LogP contribution in [0.25, 0.3) is 0 Å². The number of nitrogens with zero attached hydrogens (tertiary/aromatic N) is 1. The molecule has 1 heterocycles. The fourth-order valence-corrected chi connectivity index (χ4v) is 3.89. The van der Waals surface area contributed by atoms with Crippen LogP contribution in [-0.2, 0) is 14.8 Å². The third-order valence-corrected chi connectivity index (χ3v) is 5.63. The molecule has 0 aromatic carbocycles. The van der Waals surface area contributed by atoms with E-state index in [9.17, 15) is 18.5 Å². The zero-order chi connectivity index (χ0) is 16.0. The normalized spacial score (nSPS) is 13.1. The molecule has 1 rings (SSSR count). The molecule has 1 aromatic rings. The molecule has 21 heavy (non-hydrogen) atoms. The molecule has 2 N–H and O–H groups in total. The van der Waals surface area contributed by atoms with E-state index >= 15 is 0 Å². The van der Waals surface area contributed by atoms with Crippen LogP contribution in [0.2, 0.25) is 0 Å². The molecule has 0 spiro atoms. The highest BCUT2D eigenvalue weighted by Gasteiger charge is 2.26. The second-order valence-electron chi connectivity index (χ2n) is 4.36. The van der Waals surface area contributed by atoms with E-state index in [-0.39, 0.29) is 27.5 Å². The van der Waals surface area contributed by atoms with Gasteiger partial charge < -0.3 is 10.1 Å². The second-order valence-corrected chi connectivity index (χ2v) is 7.41. The maximum absolute atomic E-state index is 12.1. The van der Waals surface area contributed by atoms with E-state index in [1.54, 1.807) is 6.92 Å². The first kappa shape index (κ1) is 17.8. The van der Waals surface area contributed by atoms with E-state index in [4.69, 9.17) is 4.74 Å². The van der Waals surface area contributed by atoms with E-state index in [2.05, 4.69) is 10.0 Å². The molecule has 1 unspecified atom stereocenters. The van der Waals surface area contributed by atoms with Crippen molar-refractivity contribution in [3.63, 3.8) is 0 Å². The van der Waals surface area contributed by atoms with Gasteiger partial charge in [0.15, 0.2) is 5.00 Å². The summed E-state index contributed by atoms with van der Waals surface area (Å²) in [6.45, 7) is 4.27. The lowest BCUT2D eigenvalue weighted by Gasteiger charge is -2.09. The lowest BCUT2D eigenvalue weighted by molar-refractivity contribution is -0.383. The summed E-state index contributed by atoms with van der Waals surface area (Å²) in [6, 6.07) is 1.07. The number of nitrogens with one attached hydrogen (secondary N) is 2. The van der Waals surface area contributed by atoms with Gasteiger partial charge in [0, 0.05) is 26.3 Å². The molecule has 0 aliphatic rings. The van der Waals surface area contributed by atoms with Gasteiger partial charge in [-0.3, -0.25) is 10.1 Å². The molecule has 0 aliphatic heterocycles. The molecule has 0 saturated carbocycles. The third kappa shape index (κ3) is 4.92. The number of methoxy groups -OCH3 is 1. The highest BCUT2D eigenvalue weighted by Crippen LogP contribution is 2.36. The number of nitro groups is 1. The van der Waals surface area contributed by atoms with E-state index in [1.807, 2.05) is 6.92 Å². The largest absolute Gasteiger partial charge is 0.380 e. The summed E-state index contributed by atoms with van der Waals surface area (Å²) in [4.78, 5) is 10.4. The third-order valence-electron chi connectivity index (χ3n) is 2.65. The first-order chi connectivity index (χ1) is 9.81. The quantitative estimate of drug-likeness (QED) is 0.525. The number of rotatable bonds is 9. The molecule has 0 amide bonds. The molecule has 0 aliphatic carbocycles. The average molecular weight is 337 g/mol. The summed E-state index contributed by atoms with van der Waals surface area (Å²) in [7, 11) is -2.31. The van der Waals surface area contributed by atoms with Gasteiger partial charge in [-0.2, -0.15) is 0 Å². The molecule has 120 valence electrons. The number of hydrogen-bond donors (Lipinski definition) is 2. The molecule has 0 fully saturated rings. The predicted octanol–water partition coefficient (Wildman–Crippen LogP) is 1.79. The van der Waals surface area contributed by atoms with Gasteiger partial charge in [-0.05, 0) is 13.3 Å². The molecular weight excluding hydrogens is 318 g/mol. The molecule has 1 aromatic heterocycles. The van der Waals surface area contributed by atoms with Crippen molar-refractivity contribution in [1.29, 1.82) is 0 Å². The monoisotopic (exact) mass is 337 g/mol.